The van der Waals surface area contributed by atoms with Crippen molar-refractivity contribution < 1.29 is 14.3 Å². The van der Waals surface area contributed by atoms with Crippen molar-refractivity contribution in [2.75, 3.05) is 5.32 Å². The molecule has 6 rings (SSSR count). The van der Waals surface area contributed by atoms with Gasteiger partial charge in [0.2, 0.25) is 10.6 Å². The minimum atomic E-state index is -0.517. The van der Waals surface area contributed by atoms with Crippen LogP contribution >= 0.6 is 15.9 Å². The molecule has 0 spiro atoms. The number of nitrogens with one attached hydrogen (secondary N) is 1. The fourth-order valence-electron chi connectivity index (χ4n) is 6.57. The van der Waals surface area contributed by atoms with E-state index in [4.69, 9.17) is 4.74 Å². The van der Waals surface area contributed by atoms with E-state index in [0.29, 0.717) is 28.8 Å². The second kappa shape index (κ2) is 7.67. The molecular weight excluding hydrogens is 476 g/mol. The summed E-state index contributed by atoms with van der Waals surface area (Å²) < 4.78 is 9.57. The lowest BCUT2D eigenvalue weighted by Crippen LogP contribution is -2.60. The third-order valence-electron chi connectivity index (χ3n) is 7.33. The molecule has 2 heterocycles. The second-order valence-corrected chi connectivity index (χ2v) is 10.8. The van der Waals surface area contributed by atoms with Crippen molar-refractivity contribution in [2.24, 2.45) is 17.3 Å². The standard InChI is InChI=1S/C22H29BrN6O3/c1-4-28-10-16(17(26-28)18(30)32-13(2)3)25-19(31)21-6-14-5-15(7-21)9-22(8-14,11-21)29-12-24-20(23)27-29/h10,12-15H,4-9,11H2,1-3H3,(H,25,31). The van der Waals surface area contributed by atoms with E-state index in [1.807, 2.05) is 11.6 Å². The Labute approximate surface area is 195 Å². The smallest absolute Gasteiger partial charge is 0.361 e. The summed E-state index contributed by atoms with van der Waals surface area (Å²) >= 11 is 3.37. The van der Waals surface area contributed by atoms with Crippen molar-refractivity contribution in [1.82, 2.24) is 24.5 Å². The number of aryl methyl sites for hydroxylation is 1. The van der Waals surface area contributed by atoms with Gasteiger partial charge in [-0.2, -0.15) is 5.10 Å². The van der Waals surface area contributed by atoms with Crippen molar-refractivity contribution in [3.8, 4) is 0 Å². The number of halogens is 1. The second-order valence-electron chi connectivity index (χ2n) is 10.1. The molecule has 2 aromatic heterocycles. The quantitative estimate of drug-likeness (QED) is 0.600. The van der Waals surface area contributed by atoms with E-state index in [1.165, 1.54) is 6.42 Å². The molecule has 0 aromatic carbocycles. The molecule has 4 saturated carbocycles. The monoisotopic (exact) mass is 504 g/mol. The average Bonchev–Trinajstić information content (AvgIpc) is 3.33. The van der Waals surface area contributed by atoms with Crippen LogP contribution in [0.3, 0.4) is 0 Å². The maximum atomic E-state index is 13.8. The Morgan fingerprint density at radius 2 is 1.97 bits per heavy atom. The number of anilines is 1. The molecule has 2 aromatic rings. The van der Waals surface area contributed by atoms with Gasteiger partial charge in [-0.25, -0.2) is 14.5 Å². The zero-order chi connectivity index (χ0) is 22.7. The SMILES string of the molecule is CCn1cc(NC(=O)C23CC4CC(C2)CC(n2cnc(Br)n2)(C4)C3)c(C(=O)OC(C)C)n1. The predicted molar refractivity (Wildman–Crippen MR) is 120 cm³/mol. The van der Waals surface area contributed by atoms with Crippen LogP contribution in [-0.4, -0.2) is 42.5 Å². The lowest BCUT2D eigenvalue weighted by Gasteiger charge is -2.60. The first-order valence-electron chi connectivity index (χ1n) is 11.4. The molecule has 4 fully saturated rings. The molecule has 2 atom stereocenters. The summed E-state index contributed by atoms with van der Waals surface area (Å²) in [6, 6.07) is 0. The van der Waals surface area contributed by atoms with Gasteiger partial charge in [-0.1, -0.05) is 0 Å². The highest BCUT2D eigenvalue weighted by molar-refractivity contribution is 9.10. The summed E-state index contributed by atoms with van der Waals surface area (Å²) in [4.78, 5) is 30.7. The minimum Gasteiger partial charge on any atom is -0.458 e. The zero-order valence-corrected chi connectivity index (χ0v) is 20.3. The van der Waals surface area contributed by atoms with Crippen molar-refractivity contribution in [1.29, 1.82) is 0 Å². The molecule has 1 N–H and O–H groups in total. The highest BCUT2D eigenvalue weighted by atomic mass is 79.9. The van der Waals surface area contributed by atoms with Crippen LogP contribution in [0.2, 0.25) is 0 Å². The van der Waals surface area contributed by atoms with Crippen LogP contribution < -0.4 is 5.32 Å². The number of ether oxygens (including phenoxy) is 1. The Bertz CT molecular complexity index is 1050. The number of hydrogen-bond donors (Lipinski definition) is 1. The third kappa shape index (κ3) is 3.56. The molecular formula is C22H29BrN6O3. The minimum absolute atomic E-state index is 0.0237. The molecule has 10 heteroatoms. The summed E-state index contributed by atoms with van der Waals surface area (Å²) in [6.07, 6.45) is 8.98. The molecule has 4 bridgehead atoms. The van der Waals surface area contributed by atoms with Crippen LogP contribution in [0.4, 0.5) is 5.69 Å². The maximum absolute atomic E-state index is 13.8. The van der Waals surface area contributed by atoms with Gasteiger partial charge in [-0.15, -0.1) is 5.10 Å². The first-order valence-corrected chi connectivity index (χ1v) is 12.2. The molecule has 4 aliphatic rings. The van der Waals surface area contributed by atoms with Crippen molar-refractivity contribution in [3.63, 3.8) is 0 Å². The Kier molecular flexibility index (Phi) is 5.18. The van der Waals surface area contributed by atoms with E-state index in [-0.39, 0.29) is 23.2 Å². The predicted octanol–water partition coefficient (Wildman–Crippen LogP) is 3.76. The molecule has 0 radical (unpaired) electrons. The molecule has 1 amide bonds. The molecule has 9 nitrogen and oxygen atoms in total. The van der Waals surface area contributed by atoms with E-state index in [1.54, 1.807) is 31.1 Å². The highest BCUT2D eigenvalue weighted by Gasteiger charge is 2.61. The van der Waals surface area contributed by atoms with E-state index in [2.05, 4.69) is 36.4 Å². The largest absolute Gasteiger partial charge is 0.458 e. The van der Waals surface area contributed by atoms with Crippen molar-refractivity contribution >= 4 is 33.5 Å². The topological polar surface area (TPSA) is 104 Å². The molecule has 0 saturated heterocycles. The fourth-order valence-corrected chi connectivity index (χ4v) is 6.83. The van der Waals surface area contributed by atoms with Gasteiger partial charge in [0.1, 0.15) is 6.33 Å². The van der Waals surface area contributed by atoms with Gasteiger partial charge < -0.3 is 10.1 Å². The number of esters is 1. The number of aromatic nitrogens is 5. The molecule has 0 aliphatic heterocycles. The summed E-state index contributed by atoms with van der Waals surface area (Å²) in [6.45, 7) is 6.13. The van der Waals surface area contributed by atoms with Gasteiger partial charge in [0.25, 0.3) is 0 Å². The number of amides is 1. The van der Waals surface area contributed by atoms with Crippen LogP contribution in [0, 0.1) is 17.3 Å². The van der Waals surface area contributed by atoms with E-state index in [9.17, 15) is 9.59 Å². The number of nitrogens with zero attached hydrogens (tertiary/aromatic N) is 5. The number of carbonyl (C=O) groups is 2. The van der Waals surface area contributed by atoms with Crippen LogP contribution in [0.1, 0.15) is 69.8 Å². The first kappa shape index (κ1) is 21.6. The van der Waals surface area contributed by atoms with Crippen LogP contribution in [0.5, 0.6) is 0 Å². The lowest BCUT2D eigenvalue weighted by atomic mass is 9.46. The normalized spacial score (nSPS) is 30.7. The summed E-state index contributed by atoms with van der Waals surface area (Å²) in [5, 5.41) is 12.0. The maximum Gasteiger partial charge on any atom is 0.361 e. The lowest BCUT2D eigenvalue weighted by molar-refractivity contribution is -0.150. The fraction of sp³-hybridized carbons (Fsp3) is 0.682. The Morgan fingerprint density at radius 3 is 2.56 bits per heavy atom. The molecule has 4 aliphatic carbocycles. The number of hydrogen-bond acceptors (Lipinski definition) is 6. The summed E-state index contributed by atoms with van der Waals surface area (Å²) in [5.41, 5.74) is -0.0620. The van der Waals surface area contributed by atoms with E-state index >= 15 is 0 Å². The number of rotatable bonds is 6. The first-order chi connectivity index (χ1) is 15.2. The van der Waals surface area contributed by atoms with Crippen LogP contribution in [0.15, 0.2) is 17.3 Å². The van der Waals surface area contributed by atoms with Crippen molar-refractivity contribution in [3.05, 3.63) is 23.0 Å². The van der Waals surface area contributed by atoms with Gasteiger partial charge in [-0.05, 0) is 87.1 Å². The molecule has 32 heavy (non-hydrogen) atoms. The van der Waals surface area contributed by atoms with Gasteiger partial charge in [0.05, 0.1) is 22.7 Å². The Morgan fingerprint density at radius 1 is 1.25 bits per heavy atom. The van der Waals surface area contributed by atoms with Gasteiger partial charge in [-0.3, -0.25) is 9.48 Å². The zero-order valence-electron chi connectivity index (χ0n) is 18.7. The summed E-state index contributed by atoms with van der Waals surface area (Å²) in [7, 11) is 0. The van der Waals surface area contributed by atoms with Gasteiger partial charge >= 0.3 is 5.97 Å². The van der Waals surface area contributed by atoms with Gasteiger partial charge in [0.15, 0.2) is 5.69 Å². The van der Waals surface area contributed by atoms with E-state index in [0.717, 1.165) is 32.1 Å². The van der Waals surface area contributed by atoms with Gasteiger partial charge in [0, 0.05) is 12.7 Å². The van der Waals surface area contributed by atoms with Crippen LogP contribution in [0.25, 0.3) is 0 Å². The van der Waals surface area contributed by atoms with Crippen molar-refractivity contribution in [2.45, 2.75) is 77.5 Å². The highest BCUT2D eigenvalue weighted by Crippen LogP contribution is 2.64. The Hall–Kier alpha value is -2.23. The summed E-state index contributed by atoms with van der Waals surface area (Å²) in [5.74, 6) is 0.448. The third-order valence-corrected chi connectivity index (χ3v) is 7.70. The average molecular weight is 505 g/mol. The van der Waals surface area contributed by atoms with E-state index < -0.39 is 11.4 Å². The Balaban J connectivity index is 1.44. The molecule has 172 valence electrons. The number of carbonyl (C=O) groups excluding carboxylic acids is 2. The molecule has 2 unspecified atom stereocenters. The van der Waals surface area contributed by atoms with Crippen LogP contribution in [-0.2, 0) is 21.6 Å².